The molecular weight excluding hydrogens is 290 g/mol. The molecular formula is C15H20BrNO. The van der Waals surface area contributed by atoms with Gasteiger partial charge in [0.05, 0.1) is 4.83 Å². The minimum absolute atomic E-state index is 0.136. The molecule has 0 radical (unpaired) electrons. The minimum Gasteiger partial charge on any atom is -0.354 e. The number of hydrogen-bond donors (Lipinski definition) is 1. The van der Waals surface area contributed by atoms with Crippen LogP contribution >= 0.6 is 15.9 Å². The normalized spacial score (nSPS) is 19.4. The zero-order valence-electron chi connectivity index (χ0n) is 10.8. The predicted molar refractivity (Wildman–Crippen MR) is 77.7 cm³/mol. The van der Waals surface area contributed by atoms with Gasteiger partial charge >= 0.3 is 0 Å². The quantitative estimate of drug-likeness (QED) is 0.842. The Hall–Kier alpha value is -0.830. The molecule has 1 aromatic carbocycles. The van der Waals surface area contributed by atoms with Gasteiger partial charge in [0, 0.05) is 12.0 Å². The first-order valence-corrected chi connectivity index (χ1v) is 7.51. The fourth-order valence-corrected chi connectivity index (χ4v) is 3.02. The maximum absolute atomic E-state index is 12.2. The summed E-state index contributed by atoms with van der Waals surface area (Å²) < 4.78 is 0. The van der Waals surface area contributed by atoms with Crippen molar-refractivity contribution in [3.63, 3.8) is 0 Å². The van der Waals surface area contributed by atoms with Crippen molar-refractivity contribution >= 4 is 21.8 Å². The average Bonchev–Trinajstić information content (AvgIpc) is 2.85. The van der Waals surface area contributed by atoms with Crippen molar-refractivity contribution in [3.05, 3.63) is 35.9 Å². The molecule has 1 aliphatic carbocycles. The number of rotatable bonds is 4. The fourth-order valence-electron chi connectivity index (χ4n) is 2.56. The van der Waals surface area contributed by atoms with Crippen LogP contribution in [0.5, 0.6) is 0 Å². The summed E-state index contributed by atoms with van der Waals surface area (Å²) in [6, 6.07) is 10.2. The second-order valence-corrected chi connectivity index (χ2v) is 6.46. The molecule has 0 aliphatic heterocycles. The zero-order chi connectivity index (χ0) is 13.0. The van der Waals surface area contributed by atoms with E-state index in [1.54, 1.807) is 0 Å². The summed E-state index contributed by atoms with van der Waals surface area (Å²) in [6.07, 6.45) is 4.41. The number of hydrogen-bond acceptors (Lipinski definition) is 1. The van der Waals surface area contributed by atoms with Crippen LogP contribution in [0.2, 0.25) is 0 Å². The van der Waals surface area contributed by atoms with Crippen LogP contribution in [-0.2, 0) is 4.79 Å². The van der Waals surface area contributed by atoms with E-state index < -0.39 is 0 Å². The van der Waals surface area contributed by atoms with Gasteiger partial charge in [0.25, 0.3) is 0 Å². The Morgan fingerprint density at radius 2 is 1.94 bits per heavy atom. The Balaban J connectivity index is 1.86. The molecule has 0 bridgehead atoms. The maximum atomic E-state index is 12.2. The maximum Gasteiger partial charge on any atom is 0.225 e. The highest BCUT2D eigenvalue weighted by Crippen LogP contribution is 2.37. The summed E-state index contributed by atoms with van der Waals surface area (Å²) in [5, 5.41) is 3.08. The van der Waals surface area contributed by atoms with Crippen molar-refractivity contribution in [2.45, 2.75) is 37.4 Å². The standard InChI is InChI=1S/C15H20BrNO/c1-15(9-5-6-10-15)14(18)17-11-13(16)12-7-3-2-4-8-12/h2-4,7-8,13H,5-6,9-11H2,1H3,(H,17,18). The lowest BCUT2D eigenvalue weighted by atomic mass is 9.88. The second kappa shape index (κ2) is 5.87. The first kappa shape index (κ1) is 13.6. The number of carbonyl (C=O) groups excluding carboxylic acids is 1. The molecule has 18 heavy (non-hydrogen) atoms. The van der Waals surface area contributed by atoms with Gasteiger partial charge in [-0.2, -0.15) is 0 Å². The predicted octanol–water partition coefficient (Wildman–Crippen LogP) is 3.82. The van der Waals surface area contributed by atoms with E-state index in [0.29, 0.717) is 6.54 Å². The summed E-state index contributed by atoms with van der Waals surface area (Å²) in [6.45, 7) is 2.74. The van der Waals surface area contributed by atoms with Crippen molar-refractivity contribution in [2.75, 3.05) is 6.54 Å². The molecule has 1 N–H and O–H groups in total. The SMILES string of the molecule is CC1(C(=O)NCC(Br)c2ccccc2)CCCC1. The lowest BCUT2D eigenvalue weighted by molar-refractivity contribution is -0.129. The average molecular weight is 310 g/mol. The Morgan fingerprint density at radius 3 is 2.56 bits per heavy atom. The largest absolute Gasteiger partial charge is 0.354 e. The molecule has 0 aromatic heterocycles. The molecule has 2 rings (SSSR count). The Kier molecular flexibility index (Phi) is 4.44. The van der Waals surface area contributed by atoms with Gasteiger partial charge in [0.15, 0.2) is 0 Å². The van der Waals surface area contributed by atoms with Gasteiger partial charge in [0.1, 0.15) is 0 Å². The van der Waals surface area contributed by atoms with E-state index in [-0.39, 0.29) is 16.1 Å². The van der Waals surface area contributed by atoms with Crippen LogP contribution in [0.3, 0.4) is 0 Å². The highest BCUT2D eigenvalue weighted by Gasteiger charge is 2.36. The summed E-state index contributed by atoms with van der Waals surface area (Å²) in [7, 11) is 0. The lowest BCUT2D eigenvalue weighted by Crippen LogP contribution is -2.38. The molecule has 1 aliphatic rings. The second-order valence-electron chi connectivity index (χ2n) is 5.36. The molecule has 1 unspecified atom stereocenters. The van der Waals surface area contributed by atoms with Gasteiger partial charge in [-0.1, -0.05) is 66.0 Å². The summed E-state index contributed by atoms with van der Waals surface area (Å²) in [5.41, 5.74) is 1.07. The van der Waals surface area contributed by atoms with E-state index in [1.165, 1.54) is 18.4 Å². The van der Waals surface area contributed by atoms with E-state index in [0.717, 1.165) is 12.8 Å². The first-order chi connectivity index (χ1) is 8.62. The smallest absolute Gasteiger partial charge is 0.225 e. The molecule has 2 nitrogen and oxygen atoms in total. The van der Waals surface area contributed by atoms with Gasteiger partial charge in [-0.05, 0) is 18.4 Å². The summed E-state index contributed by atoms with van der Waals surface area (Å²) in [4.78, 5) is 12.4. The highest BCUT2D eigenvalue weighted by molar-refractivity contribution is 9.09. The molecule has 1 aromatic rings. The number of halogens is 1. The van der Waals surface area contributed by atoms with Crippen molar-refractivity contribution in [1.82, 2.24) is 5.32 Å². The monoisotopic (exact) mass is 309 g/mol. The van der Waals surface area contributed by atoms with Crippen molar-refractivity contribution in [2.24, 2.45) is 5.41 Å². The third-order valence-electron chi connectivity index (χ3n) is 3.86. The molecule has 1 atom stereocenters. The number of alkyl halides is 1. The van der Waals surface area contributed by atoms with Gasteiger partial charge in [-0.15, -0.1) is 0 Å². The highest BCUT2D eigenvalue weighted by atomic mass is 79.9. The lowest BCUT2D eigenvalue weighted by Gasteiger charge is -2.23. The van der Waals surface area contributed by atoms with Crippen LogP contribution in [-0.4, -0.2) is 12.5 Å². The van der Waals surface area contributed by atoms with E-state index in [4.69, 9.17) is 0 Å². The summed E-state index contributed by atoms with van der Waals surface area (Å²) >= 11 is 3.63. The summed E-state index contributed by atoms with van der Waals surface area (Å²) in [5.74, 6) is 0.209. The third-order valence-corrected chi connectivity index (χ3v) is 4.71. The van der Waals surface area contributed by atoms with E-state index in [1.807, 2.05) is 18.2 Å². The molecule has 0 spiro atoms. The van der Waals surface area contributed by atoms with Crippen LogP contribution < -0.4 is 5.32 Å². The Bertz CT molecular complexity index is 398. The van der Waals surface area contributed by atoms with Gasteiger partial charge in [-0.3, -0.25) is 4.79 Å². The van der Waals surface area contributed by atoms with Crippen molar-refractivity contribution in [1.29, 1.82) is 0 Å². The Morgan fingerprint density at radius 1 is 1.33 bits per heavy atom. The Labute approximate surface area is 117 Å². The van der Waals surface area contributed by atoms with Crippen LogP contribution in [0.4, 0.5) is 0 Å². The first-order valence-electron chi connectivity index (χ1n) is 6.59. The van der Waals surface area contributed by atoms with Crippen LogP contribution in [0.25, 0.3) is 0 Å². The van der Waals surface area contributed by atoms with E-state index in [9.17, 15) is 4.79 Å². The molecule has 1 amide bonds. The molecule has 1 fully saturated rings. The minimum atomic E-state index is -0.136. The van der Waals surface area contributed by atoms with E-state index >= 15 is 0 Å². The number of nitrogens with one attached hydrogen (secondary N) is 1. The van der Waals surface area contributed by atoms with Crippen LogP contribution in [0.1, 0.15) is 43.0 Å². The molecule has 1 saturated carbocycles. The molecule has 0 heterocycles. The van der Waals surface area contributed by atoms with E-state index in [2.05, 4.69) is 40.3 Å². The zero-order valence-corrected chi connectivity index (χ0v) is 12.4. The molecule has 0 saturated heterocycles. The van der Waals surface area contributed by atoms with Gasteiger partial charge < -0.3 is 5.32 Å². The van der Waals surface area contributed by atoms with Crippen molar-refractivity contribution in [3.8, 4) is 0 Å². The third kappa shape index (κ3) is 3.14. The van der Waals surface area contributed by atoms with Gasteiger partial charge in [-0.25, -0.2) is 0 Å². The number of benzene rings is 1. The fraction of sp³-hybridized carbons (Fsp3) is 0.533. The van der Waals surface area contributed by atoms with Crippen LogP contribution in [0.15, 0.2) is 30.3 Å². The topological polar surface area (TPSA) is 29.1 Å². The van der Waals surface area contributed by atoms with Crippen LogP contribution in [0, 0.1) is 5.41 Å². The molecule has 3 heteroatoms. The number of amides is 1. The van der Waals surface area contributed by atoms with Gasteiger partial charge in [0.2, 0.25) is 5.91 Å². The number of carbonyl (C=O) groups is 1. The molecule has 98 valence electrons. The van der Waals surface area contributed by atoms with Crippen molar-refractivity contribution < 1.29 is 4.79 Å².